The van der Waals surface area contributed by atoms with Gasteiger partial charge in [-0.05, 0) is 59.2 Å². The second-order valence-electron chi connectivity index (χ2n) is 5.49. The molecule has 1 aromatic rings. The van der Waals surface area contributed by atoms with Crippen molar-refractivity contribution in [2.75, 3.05) is 18.9 Å². The van der Waals surface area contributed by atoms with Crippen molar-refractivity contribution in [3.05, 3.63) is 18.0 Å². The Labute approximate surface area is 110 Å². The molecule has 1 fully saturated rings. The molecule has 18 heavy (non-hydrogen) atoms. The molecule has 0 saturated carbocycles. The Bertz CT molecular complexity index is 378. The third-order valence-corrected chi connectivity index (χ3v) is 3.54. The highest BCUT2D eigenvalue weighted by molar-refractivity contribution is 5.26. The minimum Gasteiger partial charge on any atom is -0.352 e. The maximum absolute atomic E-state index is 4.56. The molecular formula is C14H24N4. The van der Waals surface area contributed by atoms with Crippen molar-refractivity contribution in [1.29, 1.82) is 0 Å². The minimum atomic E-state index is 0.376. The van der Waals surface area contributed by atoms with Crippen LogP contribution in [0.25, 0.3) is 0 Å². The molecule has 1 N–H and O–H groups in total. The first-order valence-electron chi connectivity index (χ1n) is 6.94. The summed E-state index contributed by atoms with van der Waals surface area (Å²) in [4.78, 5) is 11.3. The summed E-state index contributed by atoms with van der Waals surface area (Å²) < 4.78 is 0. The van der Waals surface area contributed by atoms with Crippen molar-refractivity contribution >= 4 is 5.95 Å². The first kappa shape index (κ1) is 13.3. The van der Waals surface area contributed by atoms with Crippen LogP contribution in [0.4, 0.5) is 5.95 Å². The highest BCUT2D eigenvalue weighted by Crippen LogP contribution is 2.19. The molecule has 100 valence electrons. The summed E-state index contributed by atoms with van der Waals surface area (Å²) in [5.74, 6) is 0.752. The number of nitrogens with one attached hydrogen (secondary N) is 1. The molecule has 0 aliphatic carbocycles. The number of aromatic nitrogens is 2. The summed E-state index contributed by atoms with van der Waals surface area (Å²) in [5, 5.41) is 3.25. The van der Waals surface area contributed by atoms with Crippen molar-refractivity contribution in [2.45, 2.75) is 51.6 Å². The van der Waals surface area contributed by atoms with Gasteiger partial charge in [0.2, 0.25) is 5.95 Å². The monoisotopic (exact) mass is 248 g/mol. The number of nitrogens with zero attached hydrogens (tertiary/aromatic N) is 3. The molecular weight excluding hydrogens is 224 g/mol. The Morgan fingerprint density at radius 3 is 3.00 bits per heavy atom. The molecule has 0 bridgehead atoms. The van der Waals surface area contributed by atoms with E-state index < -0.39 is 0 Å². The zero-order chi connectivity index (χ0) is 13.0. The largest absolute Gasteiger partial charge is 0.352 e. The predicted octanol–water partition coefficient (Wildman–Crippen LogP) is 2.32. The van der Waals surface area contributed by atoms with Crippen LogP contribution in [0.15, 0.2) is 12.3 Å². The van der Waals surface area contributed by atoms with E-state index in [1.165, 1.54) is 25.8 Å². The van der Waals surface area contributed by atoms with Gasteiger partial charge >= 0.3 is 0 Å². The van der Waals surface area contributed by atoms with Gasteiger partial charge in [0.15, 0.2) is 0 Å². The van der Waals surface area contributed by atoms with Gasteiger partial charge in [-0.15, -0.1) is 0 Å². The summed E-state index contributed by atoms with van der Waals surface area (Å²) in [6, 6.07) is 3.14. The molecule has 1 atom stereocenters. The lowest BCUT2D eigenvalue weighted by atomic mass is 10.1. The van der Waals surface area contributed by atoms with E-state index in [4.69, 9.17) is 0 Å². The average molecular weight is 248 g/mol. The quantitative estimate of drug-likeness (QED) is 0.868. The average Bonchev–Trinajstić information content (AvgIpc) is 2.72. The van der Waals surface area contributed by atoms with E-state index in [1.807, 2.05) is 12.3 Å². The molecule has 0 spiro atoms. The SMILES string of the molecule is CC(C)Nc1nccc(CCC2CCCN2C)n1. The second-order valence-corrected chi connectivity index (χ2v) is 5.49. The molecule has 0 aromatic carbocycles. The van der Waals surface area contributed by atoms with E-state index in [1.54, 1.807) is 0 Å². The molecule has 0 radical (unpaired) electrons. The van der Waals surface area contributed by atoms with Gasteiger partial charge in [-0.3, -0.25) is 0 Å². The van der Waals surface area contributed by atoms with E-state index in [-0.39, 0.29) is 0 Å². The van der Waals surface area contributed by atoms with E-state index in [0.29, 0.717) is 6.04 Å². The number of aryl methyl sites for hydroxylation is 1. The smallest absolute Gasteiger partial charge is 0.223 e. The van der Waals surface area contributed by atoms with Gasteiger partial charge in [0.25, 0.3) is 0 Å². The number of hydrogen-bond donors (Lipinski definition) is 1. The Morgan fingerprint density at radius 2 is 2.33 bits per heavy atom. The summed E-state index contributed by atoms with van der Waals surface area (Å²) in [7, 11) is 2.23. The van der Waals surface area contributed by atoms with Crippen molar-refractivity contribution in [3.8, 4) is 0 Å². The minimum absolute atomic E-state index is 0.376. The molecule has 1 aliphatic rings. The van der Waals surface area contributed by atoms with Gasteiger partial charge in [-0.2, -0.15) is 0 Å². The van der Waals surface area contributed by atoms with Crippen LogP contribution in [0.2, 0.25) is 0 Å². The van der Waals surface area contributed by atoms with Crippen LogP contribution in [-0.4, -0.2) is 40.5 Å². The summed E-state index contributed by atoms with van der Waals surface area (Å²) in [5.41, 5.74) is 1.15. The van der Waals surface area contributed by atoms with E-state index >= 15 is 0 Å². The van der Waals surface area contributed by atoms with Crippen LogP contribution >= 0.6 is 0 Å². The lowest BCUT2D eigenvalue weighted by Crippen LogP contribution is -2.25. The zero-order valence-electron chi connectivity index (χ0n) is 11.7. The predicted molar refractivity (Wildman–Crippen MR) is 74.8 cm³/mol. The van der Waals surface area contributed by atoms with Crippen LogP contribution in [0, 0.1) is 0 Å². The van der Waals surface area contributed by atoms with Crippen LogP contribution in [0.1, 0.15) is 38.8 Å². The Kier molecular flexibility index (Phi) is 4.53. The molecule has 0 amide bonds. The highest BCUT2D eigenvalue weighted by Gasteiger charge is 2.20. The molecule has 4 nitrogen and oxygen atoms in total. The molecule has 1 aliphatic heterocycles. The Hall–Kier alpha value is -1.16. The van der Waals surface area contributed by atoms with Gasteiger partial charge in [0.1, 0.15) is 0 Å². The van der Waals surface area contributed by atoms with E-state index in [9.17, 15) is 0 Å². The number of rotatable bonds is 5. The fraction of sp³-hybridized carbons (Fsp3) is 0.714. The standard InChI is InChI=1S/C14H24N4/c1-11(2)16-14-15-9-8-12(17-14)6-7-13-5-4-10-18(13)3/h8-9,11,13H,4-7,10H2,1-3H3,(H,15,16,17). The van der Waals surface area contributed by atoms with Crippen LogP contribution in [0.3, 0.4) is 0 Å². The summed E-state index contributed by atoms with van der Waals surface area (Å²) >= 11 is 0. The van der Waals surface area contributed by atoms with Crippen molar-refractivity contribution in [3.63, 3.8) is 0 Å². The first-order chi connectivity index (χ1) is 8.65. The van der Waals surface area contributed by atoms with Crippen LogP contribution in [0.5, 0.6) is 0 Å². The molecule has 2 heterocycles. The molecule has 4 heteroatoms. The lowest BCUT2D eigenvalue weighted by molar-refractivity contribution is 0.296. The maximum atomic E-state index is 4.56. The van der Waals surface area contributed by atoms with Crippen LogP contribution < -0.4 is 5.32 Å². The zero-order valence-corrected chi connectivity index (χ0v) is 11.7. The lowest BCUT2D eigenvalue weighted by Gasteiger charge is -2.18. The van der Waals surface area contributed by atoms with Gasteiger partial charge in [0.05, 0.1) is 0 Å². The highest BCUT2D eigenvalue weighted by atomic mass is 15.1. The summed E-state index contributed by atoms with van der Waals surface area (Å²) in [6.45, 7) is 5.45. The molecule has 1 saturated heterocycles. The van der Waals surface area contributed by atoms with Crippen LogP contribution in [-0.2, 0) is 6.42 Å². The molecule has 1 unspecified atom stereocenters. The fourth-order valence-corrected chi connectivity index (χ4v) is 2.52. The Balaban J connectivity index is 1.88. The molecule has 2 rings (SSSR count). The van der Waals surface area contributed by atoms with Gasteiger partial charge in [0, 0.05) is 24.0 Å². The fourth-order valence-electron chi connectivity index (χ4n) is 2.52. The van der Waals surface area contributed by atoms with Crippen molar-refractivity contribution < 1.29 is 0 Å². The number of hydrogen-bond acceptors (Lipinski definition) is 4. The van der Waals surface area contributed by atoms with Gasteiger partial charge in [-0.1, -0.05) is 0 Å². The van der Waals surface area contributed by atoms with Gasteiger partial charge in [-0.25, -0.2) is 9.97 Å². The normalized spacial score (nSPS) is 20.6. The van der Waals surface area contributed by atoms with Gasteiger partial charge < -0.3 is 10.2 Å². The second kappa shape index (κ2) is 6.14. The number of anilines is 1. The topological polar surface area (TPSA) is 41.1 Å². The summed E-state index contributed by atoms with van der Waals surface area (Å²) in [6.07, 6.45) is 6.77. The third kappa shape index (κ3) is 3.67. The third-order valence-electron chi connectivity index (χ3n) is 3.54. The van der Waals surface area contributed by atoms with E-state index in [0.717, 1.165) is 24.1 Å². The molecule has 1 aromatic heterocycles. The maximum Gasteiger partial charge on any atom is 0.223 e. The van der Waals surface area contributed by atoms with E-state index in [2.05, 4.69) is 41.1 Å². The first-order valence-corrected chi connectivity index (χ1v) is 6.94. The number of likely N-dealkylation sites (tertiary alicyclic amines) is 1. The Morgan fingerprint density at radius 1 is 1.50 bits per heavy atom. The van der Waals surface area contributed by atoms with Crippen molar-refractivity contribution in [1.82, 2.24) is 14.9 Å². The van der Waals surface area contributed by atoms with Crippen molar-refractivity contribution in [2.24, 2.45) is 0 Å².